The maximum Gasteiger partial charge on any atom is 0.411 e. The molecule has 3 nitrogen and oxygen atoms in total. The Bertz CT molecular complexity index is 365. The molecule has 0 saturated carbocycles. The summed E-state index contributed by atoms with van der Waals surface area (Å²) >= 11 is 0. The van der Waals surface area contributed by atoms with Crippen molar-refractivity contribution in [1.29, 1.82) is 0 Å². The first kappa shape index (κ1) is 15.8. The number of benzene rings is 1. The van der Waals surface area contributed by atoms with Crippen molar-refractivity contribution in [3.8, 4) is 5.75 Å². The van der Waals surface area contributed by atoms with E-state index in [0.717, 1.165) is 6.42 Å². The lowest BCUT2D eigenvalue weighted by molar-refractivity contribution is -0.174. The van der Waals surface area contributed by atoms with E-state index in [1.165, 1.54) is 0 Å². The number of hydrogen-bond acceptors (Lipinski definition) is 3. The zero-order valence-electron chi connectivity index (χ0n) is 10.7. The Balaban J connectivity index is 2.42. The average Bonchev–Trinajstić information content (AvgIpc) is 2.35. The van der Waals surface area contributed by atoms with Crippen LogP contribution in [0.25, 0.3) is 0 Å². The molecule has 1 rings (SSSR count). The van der Waals surface area contributed by atoms with Crippen LogP contribution >= 0.6 is 0 Å². The average molecular weight is 277 g/mol. The second kappa shape index (κ2) is 7.35. The largest absolute Gasteiger partial charge is 0.494 e. The third-order valence-electron chi connectivity index (χ3n) is 2.34. The van der Waals surface area contributed by atoms with Crippen molar-refractivity contribution in [1.82, 2.24) is 0 Å². The highest BCUT2D eigenvalue weighted by molar-refractivity contribution is 5.29. The molecule has 0 radical (unpaired) electrons. The fourth-order valence-electron chi connectivity index (χ4n) is 1.43. The molecule has 1 unspecified atom stereocenters. The first-order chi connectivity index (χ1) is 8.92. The van der Waals surface area contributed by atoms with Gasteiger partial charge in [0.25, 0.3) is 0 Å². The lowest BCUT2D eigenvalue weighted by Crippen LogP contribution is -2.23. The molecule has 19 heavy (non-hydrogen) atoms. The topological polar surface area (TPSA) is 44.5 Å². The molecule has 1 aromatic carbocycles. The van der Waals surface area contributed by atoms with Crippen molar-refractivity contribution in [2.75, 3.05) is 19.8 Å². The van der Waals surface area contributed by atoms with Gasteiger partial charge < -0.3 is 15.2 Å². The van der Waals surface area contributed by atoms with Crippen LogP contribution in [-0.4, -0.2) is 26.0 Å². The Labute approximate surface area is 110 Å². The molecule has 0 aliphatic rings. The number of hydrogen-bond donors (Lipinski definition) is 1. The van der Waals surface area contributed by atoms with Gasteiger partial charge in [0.05, 0.1) is 19.3 Å². The van der Waals surface area contributed by atoms with Gasteiger partial charge in [0.2, 0.25) is 0 Å². The minimum Gasteiger partial charge on any atom is -0.494 e. The van der Waals surface area contributed by atoms with Crippen LogP contribution in [0.4, 0.5) is 13.2 Å². The van der Waals surface area contributed by atoms with Gasteiger partial charge in [0.15, 0.2) is 0 Å². The molecule has 0 aliphatic carbocycles. The molecule has 1 atom stereocenters. The Kier molecular flexibility index (Phi) is 6.11. The molecule has 0 aromatic heterocycles. The summed E-state index contributed by atoms with van der Waals surface area (Å²) in [6.07, 6.45) is -3.41. The molecule has 0 fully saturated rings. The van der Waals surface area contributed by atoms with E-state index in [-0.39, 0.29) is 6.61 Å². The van der Waals surface area contributed by atoms with E-state index in [9.17, 15) is 13.2 Å². The number of alkyl halides is 3. The maximum absolute atomic E-state index is 11.9. The first-order valence-electron chi connectivity index (χ1n) is 6.05. The van der Waals surface area contributed by atoms with E-state index < -0.39 is 18.8 Å². The fraction of sp³-hybridized carbons (Fsp3) is 0.538. The van der Waals surface area contributed by atoms with Crippen molar-refractivity contribution in [3.05, 3.63) is 29.8 Å². The summed E-state index contributed by atoms with van der Waals surface area (Å²) in [6, 6.07) is 6.37. The summed E-state index contributed by atoms with van der Waals surface area (Å²) in [4.78, 5) is 0. The van der Waals surface area contributed by atoms with Gasteiger partial charge in [0.1, 0.15) is 12.4 Å². The monoisotopic (exact) mass is 277 g/mol. The molecule has 0 saturated heterocycles. The van der Waals surface area contributed by atoms with Crippen LogP contribution in [0.2, 0.25) is 0 Å². The highest BCUT2D eigenvalue weighted by Gasteiger charge is 2.27. The zero-order valence-corrected chi connectivity index (χ0v) is 10.7. The van der Waals surface area contributed by atoms with Crippen molar-refractivity contribution in [2.24, 2.45) is 5.73 Å². The van der Waals surface area contributed by atoms with Crippen molar-refractivity contribution in [3.63, 3.8) is 0 Å². The van der Waals surface area contributed by atoms with Gasteiger partial charge in [-0.25, -0.2) is 0 Å². The van der Waals surface area contributed by atoms with Gasteiger partial charge >= 0.3 is 6.18 Å². The van der Waals surface area contributed by atoms with Gasteiger partial charge in [-0.05, 0) is 24.1 Å². The predicted octanol–water partition coefficient (Wildman–Crippen LogP) is 3.05. The second-order valence-corrected chi connectivity index (χ2v) is 4.15. The highest BCUT2D eigenvalue weighted by Crippen LogP contribution is 2.19. The van der Waals surface area contributed by atoms with Gasteiger partial charge in [-0.3, -0.25) is 0 Å². The molecular formula is C13H18F3NO2. The molecule has 0 spiro atoms. The van der Waals surface area contributed by atoms with E-state index in [0.29, 0.717) is 17.9 Å². The number of ether oxygens (including phenoxy) is 2. The van der Waals surface area contributed by atoms with Crippen molar-refractivity contribution < 1.29 is 22.6 Å². The normalized spacial score (nSPS) is 13.3. The molecular weight excluding hydrogens is 259 g/mol. The molecule has 6 heteroatoms. The molecule has 0 bridgehead atoms. The third-order valence-corrected chi connectivity index (χ3v) is 2.34. The molecule has 0 heterocycles. The zero-order chi connectivity index (χ0) is 14.3. The quantitative estimate of drug-likeness (QED) is 0.833. The van der Waals surface area contributed by atoms with Gasteiger partial charge in [0, 0.05) is 0 Å². The summed E-state index contributed by atoms with van der Waals surface area (Å²) in [7, 11) is 0. The van der Waals surface area contributed by atoms with Crippen LogP contribution in [-0.2, 0) is 4.74 Å². The van der Waals surface area contributed by atoms with E-state index in [1.54, 1.807) is 24.3 Å². The highest BCUT2D eigenvalue weighted by atomic mass is 19.4. The summed E-state index contributed by atoms with van der Waals surface area (Å²) in [5.41, 5.74) is 6.46. The molecule has 1 aromatic rings. The standard InChI is InChI=1S/C13H18F3NO2/c1-2-7-19-11-5-3-10(4-6-11)12(17)8-18-9-13(14,15)16/h3-6,12H,2,7-9,17H2,1H3. The number of nitrogens with two attached hydrogens (primary N) is 1. The lowest BCUT2D eigenvalue weighted by atomic mass is 10.1. The minimum atomic E-state index is -4.32. The predicted molar refractivity (Wildman–Crippen MR) is 66.0 cm³/mol. The second-order valence-electron chi connectivity index (χ2n) is 4.15. The van der Waals surface area contributed by atoms with Crippen LogP contribution in [0.5, 0.6) is 5.75 Å². The van der Waals surface area contributed by atoms with Crippen LogP contribution in [0.3, 0.4) is 0 Å². The number of rotatable bonds is 7. The van der Waals surface area contributed by atoms with E-state index >= 15 is 0 Å². The summed E-state index contributed by atoms with van der Waals surface area (Å²) in [5, 5.41) is 0. The number of halogens is 3. The maximum atomic E-state index is 11.9. The molecule has 0 amide bonds. The van der Waals surface area contributed by atoms with Crippen LogP contribution in [0.15, 0.2) is 24.3 Å². The fourth-order valence-corrected chi connectivity index (χ4v) is 1.43. The van der Waals surface area contributed by atoms with E-state index in [4.69, 9.17) is 10.5 Å². The van der Waals surface area contributed by atoms with Crippen LogP contribution < -0.4 is 10.5 Å². The van der Waals surface area contributed by atoms with Gasteiger partial charge in [-0.1, -0.05) is 19.1 Å². The first-order valence-corrected chi connectivity index (χ1v) is 6.05. The van der Waals surface area contributed by atoms with Crippen LogP contribution in [0.1, 0.15) is 24.9 Å². The Hall–Kier alpha value is -1.27. The molecule has 0 aliphatic heterocycles. The molecule has 2 N–H and O–H groups in total. The van der Waals surface area contributed by atoms with E-state index in [2.05, 4.69) is 4.74 Å². The van der Waals surface area contributed by atoms with Crippen LogP contribution in [0, 0.1) is 0 Å². The Morgan fingerprint density at radius 3 is 2.37 bits per heavy atom. The van der Waals surface area contributed by atoms with Gasteiger partial charge in [-0.15, -0.1) is 0 Å². The van der Waals surface area contributed by atoms with Crippen molar-refractivity contribution in [2.45, 2.75) is 25.6 Å². The minimum absolute atomic E-state index is 0.172. The smallest absolute Gasteiger partial charge is 0.411 e. The third kappa shape index (κ3) is 6.45. The van der Waals surface area contributed by atoms with Gasteiger partial charge in [-0.2, -0.15) is 13.2 Å². The van der Waals surface area contributed by atoms with Crippen molar-refractivity contribution >= 4 is 0 Å². The molecule has 108 valence electrons. The van der Waals surface area contributed by atoms with E-state index in [1.807, 2.05) is 6.92 Å². The summed E-state index contributed by atoms with van der Waals surface area (Å²) in [6.45, 7) is 1.18. The summed E-state index contributed by atoms with van der Waals surface area (Å²) in [5.74, 6) is 0.717. The Morgan fingerprint density at radius 1 is 1.21 bits per heavy atom. The summed E-state index contributed by atoms with van der Waals surface area (Å²) < 4.78 is 45.6. The Morgan fingerprint density at radius 2 is 1.84 bits per heavy atom. The SMILES string of the molecule is CCCOc1ccc(C(N)COCC(F)(F)F)cc1. The lowest BCUT2D eigenvalue weighted by Gasteiger charge is -2.14.